The number of hydrogen-bond donors (Lipinski definition) is 0. The first-order valence-electron chi connectivity index (χ1n) is 7.33. The van der Waals surface area contributed by atoms with Gasteiger partial charge >= 0.3 is 0 Å². The predicted octanol–water partition coefficient (Wildman–Crippen LogP) is 3.75. The van der Waals surface area contributed by atoms with E-state index < -0.39 is 0 Å². The first kappa shape index (κ1) is 13.7. The van der Waals surface area contributed by atoms with E-state index >= 15 is 0 Å². The summed E-state index contributed by atoms with van der Waals surface area (Å²) < 4.78 is 6.44. The van der Waals surface area contributed by atoms with E-state index in [4.69, 9.17) is 9.78 Å². The molecule has 1 spiro atoms. The Balaban J connectivity index is 1.85. The summed E-state index contributed by atoms with van der Waals surface area (Å²) in [4.78, 5) is 4.22. The summed E-state index contributed by atoms with van der Waals surface area (Å²) in [5.41, 5.74) is 5.37. The van der Waals surface area contributed by atoms with Crippen molar-refractivity contribution in [1.29, 1.82) is 5.26 Å². The Labute approximate surface area is 137 Å². The molecule has 0 saturated heterocycles. The molecular formula is C17H14BrN3O. The number of rotatable bonds is 0. The van der Waals surface area contributed by atoms with Gasteiger partial charge in [0.15, 0.2) is 0 Å². The molecule has 0 aliphatic heterocycles. The van der Waals surface area contributed by atoms with E-state index in [1.54, 1.807) is 0 Å². The molecule has 22 heavy (non-hydrogen) atoms. The van der Waals surface area contributed by atoms with Crippen molar-refractivity contribution in [2.75, 3.05) is 0 Å². The second-order valence-corrected chi connectivity index (χ2v) is 7.08. The Kier molecular flexibility index (Phi) is 2.98. The molecule has 1 atom stereocenters. The zero-order chi connectivity index (χ0) is 15.3. The van der Waals surface area contributed by atoms with Crippen molar-refractivity contribution < 1.29 is 4.52 Å². The standard InChI is InChI=1S/C17H14BrN3O/c1-10-14-8-17(5-4-15(14)22-21-10)7-11-2-3-12(18)6-13(11)16(17)20-9-19/h2-3,6H,4-5,7-8H2,1H3/b20-16-. The third kappa shape index (κ3) is 1.87. The summed E-state index contributed by atoms with van der Waals surface area (Å²) in [5.74, 6) is 0.997. The van der Waals surface area contributed by atoms with Crippen LogP contribution in [0.1, 0.15) is 34.6 Å². The molecule has 5 heteroatoms. The Morgan fingerprint density at radius 2 is 2.27 bits per heavy atom. The zero-order valence-corrected chi connectivity index (χ0v) is 13.8. The van der Waals surface area contributed by atoms with Crippen molar-refractivity contribution in [1.82, 2.24) is 5.16 Å². The molecule has 0 saturated carbocycles. The van der Waals surface area contributed by atoms with Crippen LogP contribution >= 0.6 is 15.9 Å². The maximum atomic E-state index is 9.17. The van der Waals surface area contributed by atoms with E-state index in [-0.39, 0.29) is 5.41 Å². The molecule has 0 N–H and O–H groups in total. The van der Waals surface area contributed by atoms with Gasteiger partial charge in [0, 0.05) is 27.4 Å². The predicted molar refractivity (Wildman–Crippen MR) is 85.7 cm³/mol. The van der Waals surface area contributed by atoms with Gasteiger partial charge in [0.05, 0.1) is 11.4 Å². The van der Waals surface area contributed by atoms with Gasteiger partial charge in [0.25, 0.3) is 0 Å². The number of aryl methyl sites for hydroxylation is 2. The molecule has 0 amide bonds. The molecule has 110 valence electrons. The van der Waals surface area contributed by atoms with Crippen LogP contribution in [0.25, 0.3) is 0 Å². The number of fused-ring (bicyclic) bond motifs is 2. The summed E-state index contributed by atoms with van der Waals surface area (Å²) in [7, 11) is 0. The molecule has 0 fully saturated rings. The van der Waals surface area contributed by atoms with Crippen LogP contribution in [0.2, 0.25) is 0 Å². The van der Waals surface area contributed by atoms with Crippen LogP contribution in [0, 0.1) is 23.8 Å². The minimum absolute atomic E-state index is 0.0951. The van der Waals surface area contributed by atoms with Crippen LogP contribution in [0.4, 0.5) is 0 Å². The molecule has 0 radical (unpaired) electrons. The third-order valence-corrected chi connectivity index (χ3v) is 5.43. The molecule has 4 rings (SSSR count). The van der Waals surface area contributed by atoms with Crippen molar-refractivity contribution in [3.8, 4) is 6.19 Å². The van der Waals surface area contributed by atoms with E-state index in [0.29, 0.717) is 0 Å². The highest BCUT2D eigenvalue weighted by Crippen LogP contribution is 2.47. The SMILES string of the molecule is Cc1noc2c1CC1(CC2)Cc2ccc(Br)cc2/C1=N/C#N. The van der Waals surface area contributed by atoms with Gasteiger partial charge in [-0.15, -0.1) is 0 Å². The van der Waals surface area contributed by atoms with Crippen molar-refractivity contribution in [2.45, 2.75) is 32.6 Å². The zero-order valence-electron chi connectivity index (χ0n) is 12.2. The maximum Gasteiger partial charge on any atom is 0.205 e. The first-order valence-corrected chi connectivity index (χ1v) is 8.12. The summed E-state index contributed by atoms with van der Waals surface area (Å²) in [5, 5.41) is 13.3. The van der Waals surface area contributed by atoms with E-state index in [0.717, 1.165) is 52.9 Å². The molecule has 2 aromatic rings. The molecule has 1 aromatic carbocycles. The van der Waals surface area contributed by atoms with Gasteiger partial charge in [0.2, 0.25) is 6.19 Å². The van der Waals surface area contributed by atoms with Gasteiger partial charge in [-0.1, -0.05) is 27.2 Å². The highest BCUT2D eigenvalue weighted by molar-refractivity contribution is 9.10. The number of halogens is 1. The van der Waals surface area contributed by atoms with Crippen LogP contribution in [0.3, 0.4) is 0 Å². The molecule has 1 unspecified atom stereocenters. The Bertz CT molecular complexity index is 846. The van der Waals surface area contributed by atoms with Crippen molar-refractivity contribution in [3.05, 3.63) is 50.8 Å². The Hall–Kier alpha value is -1.93. The van der Waals surface area contributed by atoms with Crippen molar-refractivity contribution in [2.24, 2.45) is 10.4 Å². The topological polar surface area (TPSA) is 62.2 Å². The number of nitriles is 1. The molecule has 1 heterocycles. The fraction of sp³-hybridized carbons (Fsp3) is 0.353. The van der Waals surface area contributed by atoms with Crippen LogP contribution in [-0.4, -0.2) is 10.9 Å². The second kappa shape index (κ2) is 4.79. The number of aliphatic imine (C=N–C) groups is 1. The molecule has 1 aromatic heterocycles. The average molecular weight is 356 g/mol. The minimum atomic E-state index is -0.0951. The minimum Gasteiger partial charge on any atom is -0.361 e. The summed E-state index contributed by atoms with van der Waals surface area (Å²) >= 11 is 3.52. The first-order chi connectivity index (χ1) is 10.6. The normalized spacial score (nSPS) is 24.3. The molecule has 2 aliphatic carbocycles. The smallest absolute Gasteiger partial charge is 0.205 e. The summed E-state index contributed by atoms with van der Waals surface area (Å²) in [6.07, 6.45) is 5.59. The number of nitrogens with zero attached hydrogens (tertiary/aromatic N) is 3. The Morgan fingerprint density at radius 1 is 1.41 bits per heavy atom. The van der Waals surface area contributed by atoms with Gasteiger partial charge in [-0.05, 0) is 43.9 Å². The van der Waals surface area contributed by atoms with Crippen LogP contribution in [0.5, 0.6) is 0 Å². The van der Waals surface area contributed by atoms with Gasteiger partial charge in [-0.3, -0.25) is 0 Å². The van der Waals surface area contributed by atoms with Gasteiger partial charge in [0.1, 0.15) is 5.76 Å². The lowest BCUT2D eigenvalue weighted by Crippen LogP contribution is -2.35. The number of aromatic nitrogens is 1. The van der Waals surface area contributed by atoms with Crippen molar-refractivity contribution >= 4 is 21.6 Å². The van der Waals surface area contributed by atoms with Gasteiger partial charge < -0.3 is 4.52 Å². The van der Waals surface area contributed by atoms with Gasteiger partial charge in [-0.25, -0.2) is 0 Å². The van der Waals surface area contributed by atoms with E-state index in [9.17, 15) is 0 Å². The maximum absolute atomic E-state index is 9.17. The monoisotopic (exact) mass is 355 g/mol. The lowest BCUT2D eigenvalue weighted by molar-refractivity contribution is 0.316. The lowest BCUT2D eigenvalue weighted by Gasteiger charge is -2.32. The third-order valence-electron chi connectivity index (χ3n) is 4.93. The molecule has 0 bridgehead atoms. The fourth-order valence-electron chi connectivity index (χ4n) is 3.88. The van der Waals surface area contributed by atoms with Crippen LogP contribution in [0.15, 0.2) is 32.2 Å². The molecule has 2 aliphatic rings. The highest BCUT2D eigenvalue weighted by atomic mass is 79.9. The quantitative estimate of drug-likeness (QED) is 0.676. The van der Waals surface area contributed by atoms with Crippen LogP contribution in [-0.2, 0) is 19.3 Å². The number of benzene rings is 1. The van der Waals surface area contributed by atoms with E-state index in [1.165, 1.54) is 11.1 Å². The Morgan fingerprint density at radius 3 is 3.09 bits per heavy atom. The molecule has 4 nitrogen and oxygen atoms in total. The molecular weight excluding hydrogens is 342 g/mol. The second-order valence-electron chi connectivity index (χ2n) is 6.17. The van der Waals surface area contributed by atoms with E-state index in [1.807, 2.05) is 13.1 Å². The summed E-state index contributed by atoms with van der Waals surface area (Å²) in [6, 6.07) is 6.27. The van der Waals surface area contributed by atoms with E-state index in [2.05, 4.69) is 44.3 Å². The average Bonchev–Trinajstić information content (AvgIpc) is 3.00. The largest absolute Gasteiger partial charge is 0.361 e. The number of hydrogen-bond acceptors (Lipinski definition) is 4. The fourth-order valence-corrected chi connectivity index (χ4v) is 4.24. The van der Waals surface area contributed by atoms with Crippen molar-refractivity contribution in [3.63, 3.8) is 0 Å². The highest BCUT2D eigenvalue weighted by Gasteiger charge is 2.47. The van der Waals surface area contributed by atoms with Crippen LogP contribution < -0.4 is 0 Å². The van der Waals surface area contributed by atoms with Gasteiger partial charge in [-0.2, -0.15) is 10.3 Å². The lowest BCUT2D eigenvalue weighted by atomic mass is 9.70. The summed E-state index contributed by atoms with van der Waals surface area (Å²) in [6.45, 7) is 1.99.